The molecule has 0 aromatic rings. The minimum atomic E-state index is -0.458. The molecule has 0 saturated heterocycles. The van der Waals surface area contributed by atoms with E-state index in [2.05, 4.69) is 10.2 Å². The maximum atomic E-state index is 9.96. The van der Waals surface area contributed by atoms with E-state index >= 15 is 0 Å². The van der Waals surface area contributed by atoms with Crippen molar-refractivity contribution >= 4 is 6.29 Å². The van der Waals surface area contributed by atoms with Crippen LogP contribution in [0.5, 0.6) is 0 Å². The Morgan fingerprint density at radius 3 is 2.43 bits per heavy atom. The smallest absolute Gasteiger partial charge is 0.155 e. The summed E-state index contributed by atoms with van der Waals surface area (Å²) in [7, 11) is 0. The number of azo groups is 1. The third kappa shape index (κ3) is 0.534. The normalized spacial score (nSPS) is 37.3. The van der Waals surface area contributed by atoms with Gasteiger partial charge in [-0.25, -0.2) is 0 Å². The fraction of sp³-hybridized carbons (Fsp3) is 0.750. The largest absolute Gasteiger partial charge is 0.301 e. The summed E-state index contributed by atoms with van der Waals surface area (Å²) in [6.45, 7) is 2.32. The molecule has 0 amide bonds. The molecule has 0 saturated carbocycles. The molecule has 0 spiro atoms. The second kappa shape index (κ2) is 1.12. The van der Waals surface area contributed by atoms with Crippen molar-refractivity contribution in [2.75, 3.05) is 6.54 Å². The fourth-order valence-electron chi connectivity index (χ4n) is 0.355. The predicted molar refractivity (Wildman–Crippen MR) is 24.2 cm³/mol. The van der Waals surface area contributed by atoms with E-state index in [-0.39, 0.29) is 0 Å². The maximum absolute atomic E-state index is 9.96. The van der Waals surface area contributed by atoms with Gasteiger partial charge >= 0.3 is 0 Å². The van der Waals surface area contributed by atoms with Crippen molar-refractivity contribution in [3.63, 3.8) is 0 Å². The van der Waals surface area contributed by atoms with Crippen molar-refractivity contribution in [1.29, 1.82) is 0 Å². The molecule has 0 radical (unpaired) electrons. The Balaban J connectivity index is 2.64. The third-order valence-corrected chi connectivity index (χ3v) is 0.944. The number of aldehydes is 1. The van der Waals surface area contributed by atoms with Gasteiger partial charge in [-0.3, -0.25) is 0 Å². The number of carbonyl (C=O) groups is 1. The lowest BCUT2D eigenvalue weighted by Crippen LogP contribution is -2.33. The van der Waals surface area contributed by atoms with Crippen LogP contribution in [0.25, 0.3) is 0 Å². The third-order valence-electron chi connectivity index (χ3n) is 0.944. The first-order chi connectivity index (χ1) is 3.27. The molecule has 0 aliphatic carbocycles. The minimum Gasteiger partial charge on any atom is -0.301 e. The van der Waals surface area contributed by atoms with Crippen LogP contribution < -0.4 is 0 Å². The standard InChI is InChI=1S/C4H6N2O/c1-4(3-7)2-5-6-4/h3H,2H2,1H3. The summed E-state index contributed by atoms with van der Waals surface area (Å²) in [6.07, 6.45) is 0.819. The van der Waals surface area contributed by atoms with E-state index in [1.165, 1.54) is 0 Å². The van der Waals surface area contributed by atoms with Crippen LogP contribution >= 0.6 is 0 Å². The summed E-state index contributed by atoms with van der Waals surface area (Å²) in [5.74, 6) is 0. The van der Waals surface area contributed by atoms with Gasteiger partial charge in [0.1, 0.15) is 0 Å². The number of rotatable bonds is 1. The summed E-state index contributed by atoms with van der Waals surface area (Å²) in [5, 5.41) is 7.11. The lowest BCUT2D eigenvalue weighted by Gasteiger charge is -2.19. The van der Waals surface area contributed by atoms with E-state index in [0.29, 0.717) is 6.54 Å². The molecule has 1 atom stereocenters. The van der Waals surface area contributed by atoms with Gasteiger partial charge in [0.2, 0.25) is 0 Å². The highest BCUT2D eigenvalue weighted by molar-refractivity contribution is 5.65. The van der Waals surface area contributed by atoms with E-state index in [4.69, 9.17) is 0 Å². The van der Waals surface area contributed by atoms with E-state index < -0.39 is 5.54 Å². The summed E-state index contributed by atoms with van der Waals surface area (Å²) >= 11 is 0. The molecule has 1 heterocycles. The average molecular weight is 98.1 g/mol. The van der Waals surface area contributed by atoms with Crippen molar-refractivity contribution in [3.8, 4) is 0 Å². The van der Waals surface area contributed by atoms with Gasteiger partial charge in [-0.05, 0) is 6.92 Å². The number of carbonyl (C=O) groups excluding carboxylic acids is 1. The fourth-order valence-corrected chi connectivity index (χ4v) is 0.355. The Morgan fingerprint density at radius 1 is 1.86 bits per heavy atom. The summed E-state index contributed by atoms with van der Waals surface area (Å²) < 4.78 is 0. The molecular weight excluding hydrogens is 92.1 g/mol. The van der Waals surface area contributed by atoms with Gasteiger partial charge in [-0.15, -0.1) is 0 Å². The molecule has 0 aromatic carbocycles. The first kappa shape index (κ1) is 4.43. The van der Waals surface area contributed by atoms with Crippen LogP contribution in [0.1, 0.15) is 6.92 Å². The maximum Gasteiger partial charge on any atom is 0.155 e. The quantitative estimate of drug-likeness (QED) is 0.438. The molecular formula is C4H6N2O. The molecule has 1 aliphatic rings. The highest BCUT2D eigenvalue weighted by Crippen LogP contribution is 2.16. The second-order valence-electron chi connectivity index (χ2n) is 1.87. The van der Waals surface area contributed by atoms with Gasteiger partial charge < -0.3 is 4.79 Å². The topological polar surface area (TPSA) is 41.8 Å². The zero-order chi connectivity index (χ0) is 5.33. The predicted octanol–water partition coefficient (Wildman–Crippen LogP) is 0.410. The number of nitrogens with zero attached hydrogens (tertiary/aromatic N) is 2. The summed E-state index contributed by atoms with van der Waals surface area (Å²) in [5.41, 5.74) is -0.458. The minimum absolute atomic E-state index is 0.458. The molecule has 0 fully saturated rings. The number of hydrogen-bond acceptors (Lipinski definition) is 3. The van der Waals surface area contributed by atoms with Gasteiger partial charge in [0, 0.05) is 0 Å². The first-order valence-electron chi connectivity index (χ1n) is 2.12. The van der Waals surface area contributed by atoms with Crippen LogP contribution in [0.2, 0.25) is 0 Å². The van der Waals surface area contributed by atoms with Crippen molar-refractivity contribution in [2.45, 2.75) is 12.5 Å². The van der Waals surface area contributed by atoms with Crippen LogP contribution in [-0.2, 0) is 4.79 Å². The lowest BCUT2D eigenvalue weighted by atomic mass is 10.1. The van der Waals surface area contributed by atoms with Gasteiger partial charge in [0.05, 0.1) is 6.54 Å². The van der Waals surface area contributed by atoms with Crippen molar-refractivity contribution in [1.82, 2.24) is 0 Å². The Morgan fingerprint density at radius 2 is 2.43 bits per heavy atom. The van der Waals surface area contributed by atoms with Crippen LogP contribution in [0.4, 0.5) is 0 Å². The molecule has 3 heteroatoms. The van der Waals surface area contributed by atoms with E-state index in [9.17, 15) is 4.79 Å². The van der Waals surface area contributed by atoms with Crippen molar-refractivity contribution in [3.05, 3.63) is 0 Å². The molecule has 0 bridgehead atoms. The Bertz CT molecular complexity index is 121. The van der Waals surface area contributed by atoms with E-state index in [0.717, 1.165) is 6.29 Å². The highest BCUT2D eigenvalue weighted by Gasteiger charge is 2.28. The van der Waals surface area contributed by atoms with Gasteiger partial charge in [0.25, 0.3) is 0 Å². The Hall–Kier alpha value is -0.730. The molecule has 1 unspecified atom stereocenters. The molecule has 38 valence electrons. The first-order valence-corrected chi connectivity index (χ1v) is 2.12. The Labute approximate surface area is 41.4 Å². The SMILES string of the molecule is CC1(C=O)CN=N1. The zero-order valence-corrected chi connectivity index (χ0v) is 4.09. The lowest BCUT2D eigenvalue weighted by molar-refractivity contribution is -0.112. The molecule has 3 nitrogen and oxygen atoms in total. The molecule has 0 aromatic heterocycles. The van der Waals surface area contributed by atoms with Crippen LogP contribution in [0.15, 0.2) is 10.2 Å². The van der Waals surface area contributed by atoms with E-state index in [1.54, 1.807) is 6.92 Å². The molecule has 1 aliphatic heterocycles. The van der Waals surface area contributed by atoms with Crippen LogP contribution in [0, 0.1) is 0 Å². The summed E-state index contributed by atoms with van der Waals surface area (Å²) in [4.78, 5) is 9.96. The van der Waals surface area contributed by atoms with Gasteiger partial charge in [0.15, 0.2) is 11.8 Å². The van der Waals surface area contributed by atoms with Gasteiger partial charge in [-0.1, -0.05) is 0 Å². The molecule has 1 rings (SSSR count). The van der Waals surface area contributed by atoms with Crippen LogP contribution in [0.3, 0.4) is 0 Å². The monoisotopic (exact) mass is 98.0 g/mol. The average Bonchev–Trinajstić information content (AvgIpc) is 1.61. The Kier molecular flexibility index (Phi) is 0.708. The van der Waals surface area contributed by atoms with Gasteiger partial charge in [-0.2, -0.15) is 10.2 Å². The van der Waals surface area contributed by atoms with E-state index in [1.807, 2.05) is 0 Å². The molecule has 0 N–H and O–H groups in total. The van der Waals surface area contributed by atoms with Crippen molar-refractivity contribution < 1.29 is 4.79 Å². The van der Waals surface area contributed by atoms with Crippen molar-refractivity contribution in [2.24, 2.45) is 10.2 Å². The van der Waals surface area contributed by atoms with Crippen LogP contribution in [-0.4, -0.2) is 18.4 Å². The second-order valence-corrected chi connectivity index (χ2v) is 1.87. The molecule has 7 heavy (non-hydrogen) atoms. The summed E-state index contributed by atoms with van der Waals surface area (Å²) in [6, 6.07) is 0. The zero-order valence-electron chi connectivity index (χ0n) is 4.09. The number of hydrogen-bond donors (Lipinski definition) is 0. The highest BCUT2D eigenvalue weighted by atomic mass is 16.1.